The van der Waals surface area contributed by atoms with Crippen molar-refractivity contribution in [1.29, 1.82) is 0 Å². The van der Waals surface area contributed by atoms with Gasteiger partial charge in [0.25, 0.3) is 0 Å². The molecule has 0 radical (unpaired) electrons. The highest BCUT2D eigenvalue weighted by Gasteiger charge is 2.33. The Labute approximate surface area is 178 Å². The minimum absolute atomic E-state index is 0.307. The summed E-state index contributed by atoms with van der Waals surface area (Å²) < 4.78 is 2.23. The summed E-state index contributed by atoms with van der Waals surface area (Å²) in [5, 5.41) is 4.65. The molecule has 4 rings (SSSR count). The van der Waals surface area contributed by atoms with Crippen LogP contribution in [0.3, 0.4) is 0 Å². The Balaban J connectivity index is 1.20. The highest BCUT2D eigenvalue weighted by Crippen LogP contribution is 2.32. The van der Waals surface area contributed by atoms with Crippen molar-refractivity contribution in [2.24, 2.45) is 5.92 Å². The van der Waals surface area contributed by atoms with Gasteiger partial charge in [0.05, 0.1) is 12.2 Å². The highest BCUT2D eigenvalue weighted by atomic mass is 31.0. The Morgan fingerprint density at radius 1 is 0.897 bits per heavy atom. The molecule has 2 aliphatic heterocycles. The minimum Gasteiger partial charge on any atom is -0.300 e. The van der Waals surface area contributed by atoms with Crippen LogP contribution in [0.15, 0.2) is 12.4 Å². The third kappa shape index (κ3) is 5.11. The van der Waals surface area contributed by atoms with Crippen molar-refractivity contribution < 1.29 is 4.79 Å². The molecule has 0 N–H and O–H groups in total. The summed E-state index contributed by atoms with van der Waals surface area (Å²) in [5.74, 6) is 0.868. The van der Waals surface area contributed by atoms with E-state index < -0.39 is 0 Å². The van der Waals surface area contributed by atoms with Crippen molar-refractivity contribution in [2.75, 3.05) is 26.2 Å². The lowest BCUT2D eigenvalue weighted by molar-refractivity contribution is -0.115. The first kappa shape index (κ1) is 21.5. The summed E-state index contributed by atoms with van der Waals surface area (Å²) in [6.45, 7) is 9.40. The zero-order valence-corrected chi connectivity index (χ0v) is 19.5. The van der Waals surface area contributed by atoms with Crippen molar-refractivity contribution in [3.05, 3.63) is 18.0 Å². The molecule has 0 aromatic carbocycles. The van der Waals surface area contributed by atoms with Crippen molar-refractivity contribution in [3.63, 3.8) is 0 Å². The molecule has 0 spiro atoms. The van der Waals surface area contributed by atoms with Gasteiger partial charge in [0.15, 0.2) is 5.52 Å². The summed E-state index contributed by atoms with van der Waals surface area (Å²) in [4.78, 5) is 17.1. The Kier molecular flexibility index (Phi) is 7.09. The van der Waals surface area contributed by atoms with Crippen LogP contribution in [0.1, 0.15) is 82.7 Å². The van der Waals surface area contributed by atoms with Gasteiger partial charge >= 0.3 is 0 Å². The molecule has 5 nitrogen and oxygen atoms in total. The summed E-state index contributed by atoms with van der Waals surface area (Å²) in [6, 6.07) is 2.06. The van der Waals surface area contributed by atoms with Gasteiger partial charge in [-0.1, -0.05) is 23.1 Å². The Morgan fingerprint density at radius 2 is 1.41 bits per heavy atom. The van der Waals surface area contributed by atoms with Crippen LogP contribution in [0.4, 0.5) is 0 Å². The van der Waals surface area contributed by atoms with Gasteiger partial charge in [0.2, 0.25) is 0 Å². The molecule has 162 valence electrons. The lowest BCUT2D eigenvalue weighted by atomic mass is 9.85. The van der Waals surface area contributed by atoms with Gasteiger partial charge in [0.1, 0.15) is 0 Å². The number of carbonyl (C=O) groups is 1. The standard InChI is InChI=1S/C23H39N4OP/c1-17(2)19-15-24-27(16-19)22-9-13-26(14-10-22)21-7-11-25(12-8-21)20-5-3-18(4-6-20)23(28)29/h15-18,20-22H,3-14,29H2,1-2H3. The molecule has 6 heteroatoms. The van der Waals surface area contributed by atoms with Gasteiger partial charge in [-0.2, -0.15) is 5.10 Å². The first-order valence-corrected chi connectivity index (χ1v) is 12.4. The maximum Gasteiger partial charge on any atom is 0.151 e. The fourth-order valence-corrected chi connectivity index (χ4v) is 6.04. The van der Waals surface area contributed by atoms with Crippen LogP contribution in [0, 0.1) is 5.92 Å². The average Bonchev–Trinajstić information content (AvgIpc) is 3.25. The Bertz CT molecular complexity index is 666. The molecule has 1 aliphatic carbocycles. The molecule has 1 saturated carbocycles. The number of nitrogens with zero attached hydrogens (tertiary/aromatic N) is 4. The summed E-state index contributed by atoms with van der Waals surface area (Å²) in [7, 11) is 2.39. The first-order valence-electron chi connectivity index (χ1n) is 11.8. The molecular formula is C23H39N4OP. The van der Waals surface area contributed by atoms with Crippen molar-refractivity contribution >= 4 is 14.8 Å². The van der Waals surface area contributed by atoms with Gasteiger partial charge in [-0.05, 0) is 75.9 Å². The molecule has 1 aromatic heterocycles. The number of piperidine rings is 2. The van der Waals surface area contributed by atoms with Crippen molar-refractivity contribution in [1.82, 2.24) is 19.6 Å². The van der Waals surface area contributed by atoms with Crippen molar-refractivity contribution in [3.8, 4) is 0 Å². The molecule has 1 unspecified atom stereocenters. The van der Waals surface area contributed by atoms with Gasteiger partial charge in [-0.3, -0.25) is 9.48 Å². The fraction of sp³-hybridized carbons (Fsp3) is 0.826. The van der Waals surface area contributed by atoms with Crippen LogP contribution in [-0.2, 0) is 4.79 Å². The lowest BCUT2D eigenvalue weighted by Gasteiger charge is -2.45. The zero-order valence-electron chi connectivity index (χ0n) is 18.3. The van der Waals surface area contributed by atoms with E-state index in [9.17, 15) is 4.79 Å². The van der Waals surface area contributed by atoms with E-state index in [4.69, 9.17) is 0 Å². The average molecular weight is 419 g/mol. The fourth-order valence-electron chi connectivity index (χ4n) is 5.71. The topological polar surface area (TPSA) is 41.4 Å². The number of hydrogen-bond donors (Lipinski definition) is 0. The van der Waals surface area contributed by atoms with E-state index in [0.29, 0.717) is 23.4 Å². The van der Waals surface area contributed by atoms with E-state index in [0.717, 1.165) is 24.9 Å². The summed E-state index contributed by atoms with van der Waals surface area (Å²) in [6.07, 6.45) is 14.0. The van der Waals surface area contributed by atoms with Crippen LogP contribution >= 0.6 is 9.24 Å². The molecule has 3 heterocycles. The summed E-state index contributed by atoms with van der Waals surface area (Å²) >= 11 is 0. The van der Waals surface area contributed by atoms with Gasteiger partial charge in [-0.15, -0.1) is 0 Å². The Hall–Kier alpha value is -0.770. The van der Waals surface area contributed by atoms with Crippen LogP contribution in [0.2, 0.25) is 0 Å². The predicted molar refractivity (Wildman–Crippen MR) is 121 cm³/mol. The molecular weight excluding hydrogens is 379 g/mol. The largest absolute Gasteiger partial charge is 0.300 e. The van der Waals surface area contributed by atoms with Crippen LogP contribution in [0.25, 0.3) is 0 Å². The number of likely N-dealkylation sites (tertiary alicyclic amines) is 2. The van der Waals surface area contributed by atoms with Gasteiger partial charge in [-0.25, -0.2) is 0 Å². The SMILES string of the molecule is CC(C)c1cnn(C2CCN(C3CCN(C4CCC(C(=O)P)CC4)CC3)CC2)c1. The second kappa shape index (κ2) is 9.58. The summed E-state index contributed by atoms with van der Waals surface area (Å²) in [5.41, 5.74) is 1.68. The number of carbonyl (C=O) groups excluding carboxylic acids is 1. The number of hydrogen-bond acceptors (Lipinski definition) is 4. The van der Waals surface area contributed by atoms with Gasteiger partial charge in [0, 0.05) is 37.3 Å². The highest BCUT2D eigenvalue weighted by molar-refractivity contribution is 7.40. The van der Waals surface area contributed by atoms with Crippen LogP contribution in [-0.4, -0.2) is 63.4 Å². The normalized spacial score (nSPS) is 28.8. The van der Waals surface area contributed by atoms with E-state index in [1.165, 1.54) is 70.3 Å². The van der Waals surface area contributed by atoms with E-state index in [1.807, 2.05) is 0 Å². The first-order chi connectivity index (χ1) is 14.0. The molecule has 1 aromatic rings. The molecule has 29 heavy (non-hydrogen) atoms. The third-order valence-electron chi connectivity index (χ3n) is 7.79. The molecule has 2 saturated heterocycles. The van der Waals surface area contributed by atoms with E-state index >= 15 is 0 Å². The van der Waals surface area contributed by atoms with Crippen LogP contribution < -0.4 is 0 Å². The maximum atomic E-state index is 11.6. The predicted octanol–water partition coefficient (Wildman–Crippen LogP) is 4.07. The second-order valence-corrected chi connectivity index (χ2v) is 10.4. The van der Waals surface area contributed by atoms with Crippen molar-refractivity contribution in [2.45, 2.75) is 89.3 Å². The smallest absolute Gasteiger partial charge is 0.151 e. The van der Waals surface area contributed by atoms with Gasteiger partial charge < -0.3 is 9.80 Å². The van der Waals surface area contributed by atoms with E-state index in [-0.39, 0.29) is 0 Å². The molecule has 0 amide bonds. The maximum absolute atomic E-state index is 11.6. The second-order valence-electron chi connectivity index (χ2n) is 9.85. The number of aromatic nitrogens is 2. The molecule has 0 bridgehead atoms. The number of rotatable bonds is 5. The lowest BCUT2D eigenvalue weighted by Crippen LogP contribution is -2.50. The molecule has 3 aliphatic rings. The quantitative estimate of drug-likeness (QED) is 0.676. The zero-order chi connectivity index (χ0) is 20.4. The van der Waals surface area contributed by atoms with Crippen LogP contribution in [0.5, 0.6) is 0 Å². The van der Waals surface area contributed by atoms with E-state index in [1.54, 1.807) is 0 Å². The van der Waals surface area contributed by atoms with E-state index in [2.05, 4.69) is 55.1 Å². The Morgan fingerprint density at radius 3 is 1.90 bits per heavy atom. The molecule has 3 fully saturated rings. The monoisotopic (exact) mass is 418 g/mol. The third-order valence-corrected chi connectivity index (χ3v) is 8.26. The minimum atomic E-state index is 0.307. The molecule has 1 atom stereocenters.